The minimum Gasteiger partial charge on any atom is -0.497 e. The lowest BCUT2D eigenvalue weighted by Gasteiger charge is -2.13. The topological polar surface area (TPSA) is 133 Å². The molecule has 0 radical (unpaired) electrons. The molecule has 10 heteroatoms. The SMILES string of the molecule is CC/C(NCCSCCO)=C(/C#N)C(=O)NC(=O)Nc1cc(OC)ccc1OC. The molecule has 0 unspecified atom stereocenters. The van der Waals surface area contributed by atoms with Gasteiger partial charge in [-0.15, -0.1) is 0 Å². The number of methoxy groups -OCH3 is 2. The van der Waals surface area contributed by atoms with Gasteiger partial charge in [-0.25, -0.2) is 4.79 Å². The molecule has 4 N–H and O–H groups in total. The Morgan fingerprint density at radius 2 is 2.00 bits per heavy atom. The number of ether oxygens (including phenoxy) is 2. The largest absolute Gasteiger partial charge is 0.497 e. The van der Waals surface area contributed by atoms with Crippen LogP contribution in [-0.2, 0) is 4.79 Å². The van der Waals surface area contributed by atoms with Gasteiger partial charge >= 0.3 is 6.03 Å². The van der Waals surface area contributed by atoms with E-state index >= 15 is 0 Å². The van der Waals surface area contributed by atoms with E-state index in [1.165, 1.54) is 14.2 Å². The summed E-state index contributed by atoms with van der Waals surface area (Å²) >= 11 is 1.55. The van der Waals surface area contributed by atoms with Crippen LogP contribution in [0.25, 0.3) is 0 Å². The third-order valence-corrected chi connectivity index (χ3v) is 4.66. The van der Waals surface area contributed by atoms with Gasteiger partial charge in [0.05, 0.1) is 26.5 Å². The highest BCUT2D eigenvalue weighted by molar-refractivity contribution is 7.99. The van der Waals surface area contributed by atoms with Gasteiger partial charge in [-0.2, -0.15) is 17.0 Å². The number of rotatable bonds is 11. The Morgan fingerprint density at radius 1 is 1.24 bits per heavy atom. The van der Waals surface area contributed by atoms with Crippen LogP contribution in [0.4, 0.5) is 10.5 Å². The molecule has 0 aromatic heterocycles. The van der Waals surface area contributed by atoms with Crippen molar-refractivity contribution in [1.82, 2.24) is 10.6 Å². The van der Waals surface area contributed by atoms with E-state index in [0.29, 0.717) is 47.4 Å². The number of hydrogen-bond acceptors (Lipinski definition) is 8. The van der Waals surface area contributed by atoms with Gasteiger partial charge in [0, 0.05) is 29.8 Å². The van der Waals surface area contributed by atoms with Gasteiger partial charge in [0.1, 0.15) is 23.1 Å². The zero-order valence-electron chi connectivity index (χ0n) is 16.7. The summed E-state index contributed by atoms with van der Waals surface area (Å²) in [6.07, 6.45) is 0.423. The Labute approximate surface area is 174 Å². The molecule has 1 rings (SSSR count). The van der Waals surface area contributed by atoms with Crippen molar-refractivity contribution in [2.24, 2.45) is 0 Å². The third kappa shape index (κ3) is 7.93. The van der Waals surface area contributed by atoms with Crippen molar-refractivity contribution < 1.29 is 24.2 Å². The van der Waals surface area contributed by atoms with Crippen LogP contribution in [0.2, 0.25) is 0 Å². The highest BCUT2D eigenvalue weighted by Crippen LogP contribution is 2.28. The van der Waals surface area contributed by atoms with Crippen LogP contribution in [-0.4, -0.2) is 55.9 Å². The molecule has 0 saturated heterocycles. The maximum absolute atomic E-state index is 12.4. The number of amides is 3. The molecule has 0 aliphatic rings. The molecule has 0 atom stereocenters. The van der Waals surface area contributed by atoms with E-state index in [2.05, 4.69) is 16.0 Å². The minimum absolute atomic E-state index is 0.0974. The normalized spacial score (nSPS) is 11.0. The van der Waals surface area contributed by atoms with E-state index < -0.39 is 11.9 Å². The molecular formula is C19H26N4O5S. The number of anilines is 1. The van der Waals surface area contributed by atoms with Gasteiger partial charge < -0.3 is 25.2 Å². The summed E-state index contributed by atoms with van der Waals surface area (Å²) < 4.78 is 10.3. The lowest BCUT2D eigenvalue weighted by atomic mass is 10.1. The Balaban J connectivity index is 2.80. The van der Waals surface area contributed by atoms with Crippen molar-refractivity contribution in [2.75, 3.05) is 44.2 Å². The fourth-order valence-electron chi connectivity index (χ4n) is 2.32. The second-order valence-corrected chi connectivity index (χ2v) is 6.78. The number of thioether (sulfide) groups is 1. The van der Waals surface area contributed by atoms with Crippen molar-refractivity contribution in [1.29, 1.82) is 5.26 Å². The van der Waals surface area contributed by atoms with Crippen molar-refractivity contribution in [2.45, 2.75) is 13.3 Å². The molecule has 3 amide bonds. The van der Waals surface area contributed by atoms with E-state index in [-0.39, 0.29) is 12.2 Å². The zero-order chi connectivity index (χ0) is 21.6. The minimum atomic E-state index is -0.806. The lowest BCUT2D eigenvalue weighted by Crippen LogP contribution is -2.36. The van der Waals surface area contributed by atoms with Crippen LogP contribution in [0.15, 0.2) is 29.5 Å². The first-order chi connectivity index (χ1) is 14.0. The summed E-state index contributed by atoms with van der Waals surface area (Å²) in [7, 11) is 2.94. The number of benzene rings is 1. The molecular weight excluding hydrogens is 396 g/mol. The van der Waals surface area contributed by atoms with Crippen LogP contribution in [0, 0.1) is 11.3 Å². The van der Waals surface area contributed by atoms with Crippen LogP contribution in [0.1, 0.15) is 13.3 Å². The predicted octanol–water partition coefficient (Wildman–Crippen LogP) is 1.85. The van der Waals surface area contributed by atoms with Crippen molar-refractivity contribution >= 4 is 29.4 Å². The van der Waals surface area contributed by atoms with E-state index in [0.717, 1.165) is 0 Å². The van der Waals surface area contributed by atoms with Gasteiger partial charge in [0.2, 0.25) is 0 Å². The van der Waals surface area contributed by atoms with Crippen LogP contribution in [0.5, 0.6) is 11.5 Å². The summed E-state index contributed by atoms with van der Waals surface area (Å²) in [5, 5.41) is 25.9. The molecule has 0 aliphatic heterocycles. The summed E-state index contributed by atoms with van der Waals surface area (Å²) in [5.74, 6) is 1.41. The van der Waals surface area contributed by atoms with E-state index in [4.69, 9.17) is 14.6 Å². The Hall–Kier alpha value is -2.90. The molecule has 0 aliphatic carbocycles. The van der Waals surface area contributed by atoms with Crippen molar-refractivity contribution in [3.63, 3.8) is 0 Å². The third-order valence-electron chi connectivity index (χ3n) is 3.70. The molecule has 0 bridgehead atoms. The molecule has 9 nitrogen and oxygen atoms in total. The number of hydrogen-bond donors (Lipinski definition) is 4. The number of aliphatic hydroxyl groups is 1. The average Bonchev–Trinajstić information content (AvgIpc) is 2.72. The van der Waals surface area contributed by atoms with Crippen LogP contribution in [0.3, 0.4) is 0 Å². The quantitative estimate of drug-likeness (QED) is 0.241. The number of nitriles is 1. The molecule has 1 aromatic rings. The van der Waals surface area contributed by atoms with Gasteiger partial charge in [-0.3, -0.25) is 10.1 Å². The average molecular weight is 423 g/mol. The van der Waals surface area contributed by atoms with Crippen molar-refractivity contribution in [3.05, 3.63) is 29.5 Å². The molecule has 0 heterocycles. The van der Waals surface area contributed by atoms with Gasteiger partial charge in [-0.05, 0) is 18.6 Å². The fourth-order valence-corrected chi connectivity index (χ4v) is 2.90. The summed E-state index contributed by atoms with van der Waals surface area (Å²) in [6.45, 7) is 2.43. The first-order valence-electron chi connectivity index (χ1n) is 8.90. The fraction of sp³-hybridized carbons (Fsp3) is 0.421. The summed E-state index contributed by atoms with van der Waals surface area (Å²) in [6, 6.07) is 5.88. The molecule has 158 valence electrons. The molecule has 1 aromatic carbocycles. The van der Waals surface area contributed by atoms with E-state index in [9.17, 15) is 14.9 Å². The number of aliphatic hydroxyl groups excluding tert-OH is 1. The molecule has 0 spiro atoms. The standard InChI is InChI=1S/C19H26N4O5S/c1-4-15(21-7-9-29-10-8-24)14(12-20)18(25)23-19(26)22-16-11-13(27-2)5-6-17(16)28-3/h5-6,11,21,24H,4,7-10H2,1-3H3,(H2,22,23,25,26)/b15-14+. The van der Waals surface area contributed by atoms with E-state index in [1.807, 2.05) is 6.07 Å². The summed E-state index contributed by atoms with van der Waals surface area (Å²) in [5.41, 5.74) is 0.600. The monoisotopic (exact) mass is 422 g/mol. The highest BCUT2D eigenvalue weighted by atomic mass is 32.2. The Bertz CT molecular complexity index is 776. The number of allylic oxidation sites excluding steroid dienone is 1. The second kappa shape index (κ2) is 13.3. The first kappa shape index (κ1) is 24.1. The number of nitrogens with one attached hydrogen (secondary N) is 3. The Morgan fingerprint density at radius 3 is 2.59 bits per heavy atom. The van der Waals surface area contributed by atoms with Crippen LogP contribution >= 0.6 is 11.8 Å². The second-order valence-electron chi connectivity index (χ2n) is 5.56. The van der Waals surface area contributed by atoms with Crippen LogP contribution < -0.4 is 25.4 Å². The molecule has 29 heavy (non-hydrogen) atoms. The smallest absolute Gasteiger partial charge is 0.326 e. The molecule has 0 saturated carbocycles. The summed E-state index contributed by atoms with van der Waals surface area (Å²) in [4.78, 5) is 24.6. The van der Waals surface area contributed by atoms with Gasteiger partial charge in [-0.1, -0.05) is 6.92 Å². The highest BCUT2D eigenvalue weighted by Gasteiger charge is 2.18. The van der Waals surface area contributed by atoms with E-state index in [1.54, 1.807) is 36.9 Å². The first-order valence-corrected chi connectivity index (χ1v) is 10.1. The maximum atomic E-state index is 12.4. The lowest BCUT2D eigenvalue weighted by molar-refractivity contribution is -0.116. The number of carbonyl (C=O) groups excluding carboxylic acids is 2. The Kier molecular flexibility index (Phi) is 11.1. The number of imide groups is 1. The number of carbonyl (C=O) groups is 2. The zero-order valence-corrected chi connectivity index (χ0v) is 17.5. The molecule has 0 fully saturated rings. The predicted molar refractivity (Wildman–Crippen MR) is 112 cm³/mol. The van der Waals surface area contributed by atoms with Gasteiger partial charge in [0.25, 0.3) is 5.91 Å². The number of nitrogens with zero attached hydrogens (tertiary/aromatic N) is 1. The van der Waals surface area contributed by atoms with Crippen molar-refractivity contribution in [3.8, 4) is 17.6 Å². The number of urea groups is 1. The van der Waals surface area contributed by atoms with Gasteiger partial charge in [0.15, 0.2) is 0 Å². The maximum Gasteiger partial charge on any atom is 0.326 e.